The zero-order valence-corrected chi connectivity index (χ0v) is 10.1. The van der Waals surface area contributed by atoms with E-state index in [1.165, 1.54) is 18.2 Å². The minimum absolute atomic E-state index is 0.0500. The van der Waals surface area contributed by atoms with E-state index < -0.39 is 17.6 Å². The van der Waals surface area contributed by atoms with Crippen molar-refractivity contribution in [3.63, 3.8) is 0 Å². The first-order chi connectivity index (χ1) is 8.97. The Morgan fingerprint density at radius 1 is 1.21 bits per heavy atom. The van der Waals surface area contributed by atoms with Gasteiger partial charge in [0.2, 0.25) is 0 Å². The van der Waals surface area contributed by atoms with Crippen LogP contribution in [0, 0.1) is 11.6 Å². The Morgan fingerprint density at radius 3 is 2.58 bits per heavy atom. The van der Waals surface area contributed by atoms with Crippen LogP contribution >= 0.6 is 11.6 Å². The van der Waals surface area contributed by atoms with Crippen LogP contribution in [0.3, 0.4) is 0 Å². The maximum Gasteiger partial charge on any atom is 0.339 e. The van der Waals surface area contributed by atoms with Gasteiger partial charge in [0.05, 0.1) is 0 Å². The number of hydrogen-bond donors (Lipinski definition) is 2. The molecule has 0 saturated heterocycles. The smallest absolute Gasteiger partial charge is 0.339 e. The summed E-state index contributed by atoms with van der Waals surface area (Å²) in [6, 6.07) is 5.65. The van der Waals surface area contributed by atoms with Crippen LogP contribution < -0.4 is 5.32 Å². The third-order valence-corrected chi connectivity index (χ3v) is 2.48. The van der Waals surface area contributed by atoms with E-state index in [0.717, 1.165) is 12.1 Å². The van der Waals surface area contributed by atoms with E-state index in [0.29, 0.717) is 0 Å². The van der Waals surface area contributed by atoms with Gasteiger partial charge in [-0.3, -0.25) is 0 Å². The zero-order chi connectivity index (χ0) is 14.0. The summed E-state index contributed by atoms with van der Waals surface area (Å²) in [7, 11) is 0. The Bertz CT molecular complexity index is 650. The van der Waals surface area contributed by atoms with Crippen LogP contribution in [0.2, 0.25) is 5.15 Å². The summed E-state index contributed by atoms with van der Waals surface area (Å²) in [5.41, 5.74) is 0.0327. The fraction of sp³-hybridized carbons (Fsp3) is 0. The van der Waals surface area contributed by atoms with Gasteiger partial charge in [-0.25, -0.2) is 18.6 Å². The summed E-state index contributed by atoms with van der Waals surface area (Å²) in [5.74, 6) is -3.31. The second-order valence-electron chi connectivity index (χ2n) is 3.59. The lowest BCUT2D eigenvalue weighted by Crippen LogP contribution is -2.05. The molecule has 0 amide bonds. The van der Waals surface area contributed by atoms with Crippen LogP contribution in [-0.4, -0.2) is 16.1 Å². The van der Waals surface area contributed by atoms with Gasteiger partial charge in [-0.2, -0.15) is 0 Å². The first-order valence-electron chi connectivity index (χ1n) is 5.09. The van der Waals surface area contributed by atoms with E-state index in [4.69, 9.17) is 16.7 Å². The molecule has 0 aliphatic heterocycles. The number of benzene rings is 1. The Kier molecular flexibility index (Phi) is 3.62. The van der Waals surface area contributed by atoms with Crippen LogP contribution in [0.25, 0.3) is 0 Å². The van der Waals surface area contributed by atoms with E-state index in [-0.39, 0.29) is 22.2 Å². The fourth-order valence-electron chi connectivity index (χ4n) is 1.41. The molecule has 2 aromatic rings. The van der Waals surface area contributed by atoms with Crippen LogP contribution in [0.4, 0.5) is 20.3 Å². The molecular weight excluding hydrogens is 278 g/mol. The Hall–Kier alpha value is -2.21. The summed E-state index contributed by atoms with van der Waals surface area (Å²) in [6.07, 6.45) is 0. The van der Waals surface area contributed by atoms with Crippen LogP contribution in [0.1, 0.15) is 10.4 Å². The summed E-state index contributed by atoms with van der Waals surface area (Å²) < 4.78 is 25.8. The average Bonchev–Trinajstić information content (AvgIpc) is 2.33. The third kappa shape index (κ3) is 2.97. The van der Waals surface area contributed by atoms with Gasteiger partial charge in [-0.15, -0.1) is 0 Å². The number of carboxylic acids is 1. The molecule has 0 atom stereocenters. The molecule has 2 N–H and O–H groups in total. The van der Waals surface area contributed by atoms with E-state index in [2.05, 4.69) is 10.3 Å². The minimum atomic E-state index is -1.21. The molecule has 2 rings (SSSR count). The number of aromatic carboxylic acids is 1. The van der Waals surface area contributed by atoms with Gasteiger partial charge in [0.25, 0.3) is 0 Å². The molecule has 1 aromatic carbocycles. The molecule has 1 aromatic heterocycles. The number of pyridine rings is 1. The molecule has 0 aliphatic rings. The highest BCUT2D eigenvalue weighted by Gasteiger charge is 2.13. The molecule has 0 unspecified atom stereocenters. The van der Waals surface area contributed by atoms with Crippen LogP contribution in [0.15, 0.2) is 30.3 Å². The van der Waals surface area contributed by atoms with Gasteiger partial charge in [0.15, 0.2) is 11.6 Å². The Balaban J connectivity index is 2.39. The normalized spacial score (nSPS) is 10.3. The number of aromatic nitrogens is 1. The van der Waals surface area contributed by atoms with Crippen molar-refractivity contribution in [1.82, 2.24) is 4.98 Å². The van der Waals surface area contributed by atoms with Gasteiger partial charge < -0.3 is 10.4 Å². The number of nitrogens with one attached hydrogen (secondary N) is 1. The standard InChI is InChI=1S/C12H7ClF2N2O2/c13-10-4-2-7(12(18)19)11(17-10)16-6-1-3-8(14)9(15)5-6/h1-5H,(H,16,17)(H,18,19). The van der Waals surface area contributed by atoms with Crippen molar-refractivity contribution in [2.45, 2.75) is 0 Å². The first kappa shape index (κ1) is 13.2. The zero-order valence-electron chi connectivity index (χ0n) is 9.32. The number of carboxylic acid groups (broad SMARTS) is 1. The third-order valence-electron chi connectivity index (χ3n) is 2.27. The van der Waals surface area contributed by atoms with Gasteiger partial charge in [-0.05, 0) is 24.3 Å². The second kappa shape index (κ2) is 5.19. The summed E-state index contributed by atoms with van der Waals surface area (Å²) >= 11 is 5.67. The first-order valence-corrected chi connectivity index (χ1v) is 5.47. The van der Waals surface area contributed by atoms with E-state index >= 15 is 0 Å². The predicted octanol–water partition coefficient (Wildman–Crippen LogP) is 3.46. The maximum absolute atomic E-state index is 13.0. The molecule has 0 aliphatic carbocycles. The Labute approximate surface area is 111 Å². The largest absolute Gasteiger partial charge is 0.478 e. The SMILES string of the molecule is O=C(O)c1ccc(Cl)nc1Nc1ccc(F)c(F)c1. The van der Waals surface area contributed by atoms with Gasteiger partial charge in [0, 0.05) is 11.8 Å². The quantitative estimate of drug-likeness (QED) is 0.847. The number of hydrogen-bond acceptors (Lipinski definition) is 3. The molecule has 0 spiro atoms. The predicted molar refractivity (Wildman–Crippen MR) is 65.8 cm³/mol. The molecule has 0 radical (unpaired) electrons. The molecule has 1 heterocycles. The highest BCUT2D eigenvalue weighted by Crippen LogP contribution is 2.22. The lowest BCUT2D eigenvalue weighted by Gasteiger charge is -2.09. The molecule has 19 heavy (non-hydrogen) atoms. The van der Waals surface area contributed by atoms with Crippen molar-refractivity contribution in [2.75, 3.05) is 5.32 Å². The fourth-order valence-corrected chi connectivity index (χ4v) is 1.56. The molecule has 98 valence electrons. The summed E-state index contributed by atoms with van der Waals surface area (Å²) in [5, 5.41) is 11.6. The number of halogens is 3. The maximum atomic E-state index is 13.0. The Morgan fingerprint density at radius 2 is 1.95 bits per heavy atom. The van der Waals surface area contributed by atoms with Crippen molar-refractivity contribution in [3.05, 3.63) is 52.7 Å². The van der Waals surface area contributed by atoms with E-state index in [9.17, 15) is 13.6 Å². The number of anilines is 2. The summed E-state index contributed by atoms with van der Waals surface area (Å²) in [4.78, 5) is 14.8. The van der Waals surface area contributed by atoms with Crippen molar-refractivity contribution in [1.29, 1.82) is 0 Å². The lowest BCUT2D eigenvalue weighted by atomic mass is 10.2. The second-order valence-corrected chi connectivity index (χ2v) is 3.98. The molecule has 4 nitrogen and oxygen atoms in total. The van der Waals surface area contributed by atoms with E-state index in [1.807, 2.05) is 0 Å². The van der Waals surface area contributed by atoms with Crippen molar-refractivity contribution in [3.8, 4) is 0 Å². The van der Waals surface area contributed by atoms with Gasteiger partial charge in [-0.1, -0.05) is 11.6 Å². The lowest BCUT2D eigenvalue weighted by molar-refractivity contribution is 0.0697. The van der Waals surface area contributed by atoms with Crippen LogP contribution in [-0.2, 0) is 0 Å². The molecule has 0 bridgehead atoms. The van der Waals surface area contributed by atoms with Gasteiger partial charge >= 0.3 is 5.97 Å². The number of nitrogens with zero attached hydrogens (tertiary/aromatic N) is 1. The van der Waals surface area contributed by atoms with Crippen LogP contribution in [0.5, 0.6) is 0 Å². The number of carbonyl (C=O) groups is 1. The van der Waals surface area contributed by atoms with Gasteiger partial charge in [0.1, 0.15) is 16.5 Å². The van der Waals surface area contributed by atoms with Crippen molar-refractivity contribution in [2.24, 2.45) is 0 Å². The topological polar surface area (TPSA) is 62.2 Å². The monoisotopic (exact) mass is 284 g/mol. The minimum Gasteiger partial charge on any atom is -0.478 e. The van der Waals surface area contributed by atoms with E-state index in [1.54, 1.807) is 0 Å². The van der Waals surface area contributed by atoms with Crippen molar-refractivity contribution < 1.29 is 18.7 Å². The number of rotatable bonds is 3. The summed E-state index contributed by atoms with van der Waals surface area (Å²) in [6.45, 7) is 0. The average molecular weight is 285 g/mol. The molecule has 0 saturated carbocycles. The molecule has 7 heteroatoms. The highest BCUT2D eigenvalue weighted by molar-refractivity contribution is 6.29. The van der Waals surface area contributed by atoms with Crippen molar-refractivity contribution >= 4 is 29.1 Å². The highest BCUT2D eigenvalue weighted by atomic mass is 35.5. The molecule has 0 fully saturated rings. The molecular formula is C12H7ClF2N2O2.